The van der Waals surface area contributed by atoms with Gasteiger partial charge in [0.05, 0.1) is 5.60 Å². The smallest absolute Gasteiger partial charge is 0.224 e. The number of hydrogen-bond donors (Lipinski definition) is 2. The predicted octanol–water partition coefficient (Wildman–Crippen LogP) is 2.39. The van der Waals surface area contributed by atoms with Crippen molar-refractivity contribution in [3.8, 4) is 0 Å². The summed E-state index contributed by atoms with van der Waals surface area (Å²) in [6.07, 6.45) is 0.398. The van der Waals surface area contributed by atoms with Crippen molar-refractivity contribution in [1.29, 1.82) is 0 Å². The summed E-state index contributed by atoms with van der Waals surface area (Å²) in [5.41, 5.74) is 0.807. The van der Waals surface area contributed by atoms with E-state index in [0.29, 0.717) is 32.0 Å². The van der Waals surface area contributed by atoms with Crippen LogP contribution >= 0.6 is 15.9 Å². The molecule has 140 valence electrons. The summed E-state index contributed by atoms with van der Waals surface area (Å²) >= 11 is 3.51. The van der Waals surface area contributed by atoms with E-state index in [-0.39, 0.29) is 11.5 Å². The fourth-order valence-corrected chi connectivity index (χ4v) is 2.45. The number of ether oxygens (including phenoxy) is 1. The van der Waals surface area contributed by atoms with Gasteiger partial charge >= 0.3 is 0 Å². The number of carbonyl (C=O) groups excluding carboxylic acids is 1. The van der Waals surface area contributed by atoms with E-state index in [2.05, 4.69) is 31.6 Å². The molecule has 1 amide bonds. The third-order valence-corrected chi connectivity index (χ3v) is 4.65. The first-order valence-electron chi connectivity index (χ1n) is 8.26. The summed E-state index contributed by atoms with van der Waals surface area (Å²) in [5, 5.41) is 6.35. The maximum absolute atomic E-state index is 12.3. The molecule has 25 heavy (non-hydrogen) atoms. The first-order valence-corrected chi connectivity index (χ1v) is 9.05. The summed E-state index contributed by atoms with van der Waals surface area (Å²) in [6, 6.07) is 7.92. The van der Waals surface area contributed by atoms with Crippen LogP contribution in [0.5, 0.6) is 0 Å². The van der Waals surface area contributed by atoms with Gasteiger partial charge in [0.25, 0.3) is 0 Å². The van der Waals surface area contributed by atoms with Crippen LogP contribution in [0.3, 0.4) is 0 Å². The number of carbonyl (C=O) groups is 1. The lowest BCUT2D eigenvalue weighted by molar-refractivity contribution is -0.130. The molecule has 1 rings (SSSR count). The molecule has 0 aliphatic carbocycles. The number of aliphatic imine (C=N–C) groups is 1. The van der Waals surface area contributed by atoms with Crippen LogP contribution in [0.25, 0.3) is 0 Å². The Balaban J connectivity index is 2.38. The first kappa shape index (κ1) is 21.4. The Morgan fingerprint density at radius 2 is 2.00 bits per heavy atom. The molecule has 0 heterocycles. The zero-order valence-electron chi connectivity index (χ0n) is 15.7. The zero-order valence-corrected chi connectivity index (χ0v) is 17.3. The molecule has 1 aromatic rings. The number of rotatable bonds is 8. The lowest BCUT2D eigenvalue weighted by Crippen LogP contribution is -2.46. The maximum atomic E-state index is 12.3. The molecule has 0 bridgehead atoms. The Bertz CT molecular complexity index is 590. The van der Waals surface area contributed by atoms with Crippen LogP contribution in [0.1, 0.15) is 25.8 Å². The molecule has 7 heteroatoms. The van der Waals surface area contributed by atoms with Crippen LogP contribution in [0, 0.1) is 0 Å². The van der Waals surface area contributed by atoms with Gasteiger partial charge in [0, 0.05) is 51.7 Å². The quantitative estimate of drug-likeness (QED) is 0.508. The Labute approximate surface area is 159 Å². The normalized spacial score (nSPS) is 12.0. The SMILES string of the molecule is CN=C(NCCC(=O)N(C)Cc1ccccc1Br)NCC(C)(C)OC. The molecule has 0 spiro atoms. The topological polar surface area (TPSA) is 66.0 Å². The van der Waals surface area contributed by atoms with Crippen molar-refractivity contribution >= 4 is 27.8 Å². The molecule has 0 fully saturated rings. The van der Waals surface area contributed by atoms with Crippen molar-refractivity contribution in [2.45, 2.75) is 32.4 Å². The molecular formula is C18H29BrN4O2. The van der Waals surface area contributed by atoms with E-state index < -0.39 is 0 Å². The highest BCUT2D eigenvalue weighted by Gasteiger charge is 2.16. The van der Waals surface area contributed by atoms with Crippen LogP contribution in [0.4, 0.5) is 0 Å². The molecule has 2 N–H and O–H groups in total. The van der Waals surface area contributed by atoms with E-state index in [9.17, 15) is 4.79 Å². The first-order chi connectivity index (χ1) is 11.8. The zero-order chi connectivity index (χ0) is 18.9. The van der Waals surface area contributed by atoms with Gasteiger partial charge in [-0.3, -0.25) is 9.79 Å². The van der Waals surface area contributed by atoms with Gasteiger partial charge < -0.3 is 20.3 Å². The van der Waals surface area contributed by atoms with E-state index in [4.69, 9.17) is 4.74 Å². The minimum atomic E-state index is -0.281. The van der Waals surface area contributed by atoms with Gasteiger partial charge in [-0.25, -0.2) is 0 Å². The van der Waals surface area contributed by atoms with Crippen molar-refractivity contribution in [3.63, 3.8) is 0 Å². The number of hydrogen-bond acceptors (Lipinski definition) is 3. The van der Waals surface area contributed by atoms with Crippen molar-refractivity contribution < 1.29 is 9.53 Å². The molecule has 0 saturated heterocycles. The minimum absolute atomic E-state index is 0.0796. The van der Waals surface area contributed by atoms with E-state index >= 15 is 0 Å². The highest BCUT2D eigenvalue weighted by Crippen LogP contribution is 2.17. The maximum Gasteiger partial charge on any atom is 0.224 e. The van der Waals surface area contributed by atoms with Gasteiger partial charge in [0.1, 0.15) is 0 Å². The van der Waals surface area contributed by atoms with Crippen LogP contribution in [-0.2, 0) is 16.1 Å². The van der Waals surface area contributed by atoms with Gasteiger partial charge in [-0.2, -0.15) is 0 Å². The van der Waals surface area contributed by atoms with Crippen LogP contribution in [0.2, 0.25) is 0 Å². The second-order valence-corrected chi connectivity index (χ2v) is 7.26. The van der Waals surface area contributed by atoms with Gasteiger partial charge in [-0.05, 0) is 25.5 Å². The molecule has 0 atom stereocenters. The largest absolute Gasteiger partial charge is 0.377 e. The Hall–Kier alpha value is -1.60. The van der Waals surface area contributed by atoms with Crippen LogP contribution < -0.4 is 10.6 Å². The van der Waals surface area contributed by atoms with Gasteiger partial charge in [0.2, 0.25) is 5.91 Å². The van der Waals surface area contributed by atoms with E-state index in [1.165, 1.54) is 0 Å². The minimum Gasteiger partial charge on any atom is -0.377 e. The number of nitrogens with one attached hydrogen (secondary N) is 2. The molecule has 0 aromatic heterocycles. The standard InChI is InChI=1S/C18H29BrN4O2/c1-18(2,25-5)13-22-17(20-3)21-11-10-16(24)23(4)12-14-8-6-7-9-15(14)19/h6-9H,10-13H2,1-5H3,(H2,20,21,22). The molecule has 1 aromatic carbocycles. The summed E-state index contributed by atoms with van der Waals surface area (Å²) in [5.74, 6) is 0.738. The number of benzene rings is 1. The Kier molecular flexibility index (Phi) is 8.92. The Morgan fingerprint density at radius 1 is 1.32 bits per heavy atom. The van der Waals surface area contributed by atoms with E-state index in [1.54, 1.807) is 19.1 Å². The second-order valence-electron chi connectivity index (χ2n) is 6.41. The number of guanidine groups is 1. The van der Waals surface area contributed by atoms with Crippen molar-refractivity contribution in [1.82, 2.24) is 15.5 Å². The summed E-state index contributed by atoms with van der Waals surface area (Å²) in [7, 11) is 5.20. The van der Waals surface area contributed by atoms with E-state index in [0.717, 1.165) is 10.0 Å². The monoisotopic (exact) mass is 412 g/mol. The van der Waals surface area contributed by atoms with Crippen molar-refractivity contribution in [2.24, 2.45) is 4.99 Å². The van der Waals surface area contributed by atoms with E-state index in [1.807, 2.05) is 45.2 Å². The van der Waals surface area contributed by atoms with Gasteiger partial charge in [0.15, 0.2) is 5.96 Å². The molecule has 0 saturated carbocycles. The summed E-state index contributed by atoms with van der Waals surface area (Å²) in [6.45, 7) is 5.71. The fourth-order valence-electron chi connectivity index (χ4n) is 2.04. The average Bonchev–Trinajstić information content (AvgIpc) is 2.59. The number of amides is 1. The highest BCUT2D eigenvalue weighted by molar-refractivity contribution is 9.10. The van der Waals surface area contributed by atoms with Crippen LogP contribution in [-0.4, -0.2) is 56.7 Å². The molecular weight excluding hydrogens is 384 g/mol. The summed E-state index contributed by atoms with van der Waals surface area (Å²) < 4.78 is 6.38. The molecule has 0 aliphatic rings. The second kappa shape index (κ2) is 10.4. The molecule has 0 unspecified atom stereocenters. The fraction of sp³-hybridized carbons (Fsp3) is 0.556. The summed E-state index contributed by atoms with van der Waals surface area (Å²) in [4.78, 5) is 18.2. The van der Waals surface area contributed by atoms with Gasteiger partial charge in [-0.15, -0.1) is 0 Å². The van der Waals surface area contributed by atoms with Crippen LogP contribution in [0.15, 0.2) is 33.7 Å². The number of nitrogens with zero attached hydrogens (tertiary/aromatic N) is 2. The number of halogens is 1. The third kappa shape index (κ3) is 7.88. The lowest BCUT2D eigenvalue weighted by atomic mass is 10.1. The highest BCUT2D eigenvalue weighted by atomic mass is 79.9. The van der Waals surface area contributed by atoms with Crippen molar-refractivity contribution in [3.05, 3.63) is 34.3 Å². The molecule has 0 aliphatic heterocycles. The molecule has 6 nitrogen and oxygen atoms in total. The number of methoxy groups -OCH3 is 1. The Morgan fingerprint density at radius 3 is 2.60 bits per heavy atom. The molecule has 0 radical (unpaired) electrons. The average molecular weight is 413 g/mol. The predicted molar refractivity (Wildman–Crippen MR) is 106 cm³/mol. The third-order valence-electron chi connectivity index (χ3n) is 3.88. The lowest BCUT2D eigenvalue weighted by Gasteiger charge is -2.24. The van der Waals surface area contributed by atoms with Crippen molar-refractivity contribution in [2.75, 3.05) is 34.3 Å². The van der Waals surface area contributed by atoms with Gasteiger partial charge in [-0.1, -0.05) is 34.1 Å².